The summed E-state index contributed by atoms with van der Waals surface area (Å²) in [5.41, 5.74) is 5.78. The van der Waals surface area contributed by atoms with Crippen molar-refractivity contribution in [3.05, 3.63) is 48.0 Å². The Morgan fingerprint density at radius 1 is 1.35 bits per heavy atom. The molecule has 1 heterocycles. The van der Waals surface area contributed by atoms with Crippen LogP contribution in [0.5, 0.6) is 0 Å². The van der Waals surface area contributed by atoms with Gasteiger partial charge in [-0.1, -0.05) is 0 Å². The molecular weight excluding hydrogens is 222 g/mol. The summed E-state index contributed by atoms with van der Waals surface area (Å²) >= 11 is 0. The lowest BCUT2D eigenvalue weighted by atomic mass is 10.1. The van der Waals surface area contributed by atoms with Crippen LogP contribution in [0.4, 0.5) is 5.69 Å². The number of carboxylic acids is 1. The fraction of sp³-hybridized carbons (Fsp3) is 0. The van der Waals surface area contributed by atoms with Gasteiger partial charge < -0.3 is 10.8 Å². The summed E-state index contributed by atoms with van der Waals surface area (Å²) in [7, 11) is 0. The van der Waals surface area contributed by atoms with E-state index in [9.17, 15) is 9.59 Å². The van der Waals surface area contributed by atoms with Gasteiger partial charge in [0.2, 0.25) is 0 Å². The van der Waals surface area contributed by atoms with Gasteiger partial charge in [-0.05, 0) is 18.2 Å². The number of carbonyl (C=O) groups is 2. The first-order chi connectivity index (χ1) is 8.09. The molecule has 17 heavy (non-hydrogen) atoms. The maximum absolute atomic E-state index is 11.9. The molecule has 2 rings (SSSR count). The van der Waals surface area contributed by atoms with E-state index in [4.69, 9.17) is 10.8 Å². The highest BCUT2D eigenvalue weighted by molar-refractivity contribution is 6.01. The summed E-state index contributed by atoms with van der Waals surface area (Å²) in [4.78, 5) is 26.5. The third-order valence-electron chi connectivity index (χ3n) is 2.27. The standard InChI is InChI=1S/C11H9N3O3/c12-9-2-1-7(5-8(9)11(16)17)10(15)14-4-3-13-6-14/h1-6H,12H2,(H,16,17). The molecule has 0 saturated heterocycles. The van der Waals surface area contributed by atoms with Crippen molar-refractivity contribution in [1.29, 1.82) is 0 Å². The van der Waals surface area contributed by atoms with Crippen molar-refractivity contribution in [3.8, 4) is 0 Å². The smallest absolute Gasteiger partial charge is 0.337 e. The van der Waals surface area contributed by atoms with Crippen molar-refractivity contribution < 1.29 is 14.7 Å². The second-order valence-electron chi connectivity index (χ2n) is 3.38. The molecule has 0 spiro atoms. The zero-order chi connectivity index (χ0) is 12.4. The molecule has 2 aromatic rings. The van der Waals surface area contributed by atoms with Gasteiger partial charge in [0.05, 0.1) is 5.56 Å². The van der Waals surface area contributed by atoms with Crippen molar-refractivity contribution in [2.24, 2.45) is 0 Å². The first kappa shape index (κ1) is 10.9. The summed E-state index contributed by atoms with van der Waals surface area (Å²) < 4.78 is 1.26. The van der Waals surface area contributed by atoms with Crippen LogP contribution < -0.4 is 5.73 Å². The van der Waals surface area contributed by atoms with Crippen molar-refractivity contribution in [2.45, 2.75) is 0 Å². The lowest BCUT2D eigenvalue weighted by Crippen LogP contribution is -2.12. The number of benzene rings is 1. The molecule has 0 aliphatic rings. The van der Waals surface area contributed by atoms with Crippen molar-refractivity contribution in [3.63, 3.8) is 0 Å². The van der Waals surface area contributed by atoms with Crippen LogP contribution in [0.1, 0.15) is 20.7 Å². The molecule has 0 fully saturated rings. The zero-order valence-corrected chi connectivity index (χ0v) is 8.70. The van der Waals surface area contributed by atoms with E-state index in [1.165, 1.54) is 41.5 Å². The van der Waals surface area contributed by atoms with Crippen LogP contribution in [0.15, 0.2) is 36.9 Å². The van der Waals surface area contributed by atoms with Gasteiger partial charge in [0.25, 0.3) is 5.91 Å². The zero-order valence-electron chi connectivity index (χ0n) is 8.70. The van der Waals surface area contributed by atoms with E-state index in [-0.39, 0.29) is 22.7 Å². The molecule has 1 aromatic heterocycles. The molecule has 86 valence electrons. The highest BCUT2D eigenvalue weighted by atomic mass is 16.4. The predicted molar refractivity (Wildman–Crippen MR) is 59.8 cm³/mol. The van der Waals surface area contributed by atoms with Gasteiger partial charge in [-0.25, -0.2) is 9.78 Å². The highest BCUT2D eigenvalue weighted by Crippen LogP contribution is 2.15. The van der Waals surface area contributed by atoms with Gasteiger partial charge in [0, 0.05) is 23.6 Å². The molecule has 0 aliphatic heterocycles. The van der Waals surface area contributed by atoms with Gasteiger partial charge in [0.15, 0.2) is 0 Å². The third kappa shape index (κ3) is 2.00. The van der Waals surface area contributed by atoms with Gasteiger partial charge >= 0.3 is 5.97 Å². The SMILES string of the molecule is Nc1ccc(C(=O)n2ccnc2)cc1C(=O)O. The van der Waals surface area contributed by atoms with Crippen LogP contribution in [0.25, 0.3) is 0 Å². The Balaban J connectivity index is 2.44. The van der Waals surface area contributed by atoms with Crippen LogP contribution in [0.2, 0.25) is 0 Å². The van der Waals surface area contributed by atoms with Crippen LogP contribution >= 0.6 is 0 Å². The lowest BCUT2D eigenvalue weighted by Gasteiger charge is -2.04. The molecule has 0 bridgehead atoms. The monoisotopic (exact) mass is 231 g/mol. The van der Waals surface area contributed by atoms with E-state index in [0.29, 0.717) is 0 Å². The quantitative estimate of drug-likeness (QED) is 0.746. The van der Waals surface area contributed by atoms with Crippen LogP contribution in [0, 0.1) is 0 Å². The number of hydrogen-bond acceptors (Lipinski definition) is 4. The Labute approximate surface area is 96.3 Å². The normalized spacial score (nSPS) is 10.1. The number of aromatic carboxylic acids is 1. The maximum Gasteiger partial charge on any atom is 0.337 e. The number of nitrogens with zero attached hydrogens (tertiary/aromatic N) is 2. The number of nitrogen functional groups attached to an aromatic ring is 1. The van der Waals surface area contributed by atoms with Crippen LogP contribution in [-0.4, -0.2) is 26.5 Å². The first-order valence-electron chi connectivity index (χ1n) is 4.75. The Morgan fingerprint density at radius 3 is 2.71 bits per heavy atom. The van der Waals surface area contributed by atoms with E-state index in [0.717, 1.165) is 0 Å². The number of anilines is 1. The minimum Gasteiger partial charge on any atom is -0.478 e. The molecule has 0 amide bonds. The van der Waals surface area contributed by atoms with Crippen LogP contribution in [0.3, 0.4) is 0 Å². The average Bonchev–Trinajstić information content (AvgIpc) is 2.81. The van der Waals surface area contributed by atoms with E-state index >= 15 is 0 Å². The van der Waals surface area contributed by atoms with Gasteiger partial charge in [-0.3, -0.25) is 9.36 Å². The minimum absolute atomic E-state index is 0.0871. The number of imidazole rings is 1. The maximum atomic E-state index is 11.9. The summed E-state index contributed by atoms with van der Waals surface area (Å²) in [6.07, 6.45) is 4.30. The summed E-state index contributed by atoms with van der Waals surface area (Å²) in [6, 6.07) is 4.12. The molecule has 6 nitrogen and oxygen atoms in total. The highest BCUT2D eigenvalue weighted by Gasteiger charge is 2.13. The van der Waals surface area contributed by atoms with E-state index in [2.05, 4.69) is 4.98 Å². The third-order valence-corrected chi connectivity index (χ3v) is 2.27. The lowest BCUT2D eigenvalue weighted by molar-refractivity contribution is 0.0698. The largest absolute Gasteiger partial charge is 0.478 e. The number of aromatic nitrogens is 2. The number of carboxylic acid groups (broad SMARTS) is 1. The second kappa shape index (κ2) is 4.09. The number of hydrogen-bond donors (Lipinski definition) is 2. The van der Waals surface area contributed by atoms with Crippen molar-refractivity contribution in [1.82, 2.24) is 9.55 Å². The molecule has 0 atom stereocenters. The number of nitrogens with two attached hydrogens (primary N) is 1. The topological polar surface area (TPSA) is 98.2 Å². The fourth-order valence-electron chi connectivity index (χ4n) is 1.40. The predicted octanol–water partition coefficient (Wildman–Crippen LogP) is 0.852. The van der Waals surface area contributed by atoms with Crippen molar-refractivity contribution in [2.75, 3.05) is 5.73 Å². The Hall–Kier alpha value is -2.63. The molecule has 3 N–H and O–H groups in total. The summed E-state index contributed by atoms with van der Waals surface area (Å²) in [5, 5.41) is 8.89. The Morgan fingerprint density at radius 2 is 2.12 bits per heavy atom. The molecule has 0 saturated carbocycles. The summed E-state index contributed by atoms with van der Waals surface area (Å²) in [6.45, 7) is 0. The molecule has 0 radical (unpaired) electrons. The van der Waals surface area contributed by atoms with E-state index in [1.54, 1.807) is 0 Å². The molecular formula is C11H9N3O3. The van der Waals surface area contributed by atoms with Crippen molar-refractivity contribution >= 4 is 17.6 Å². The molecule has 6 heteroatoms. The van der Waals surface area contributed by atoms with Gasteiger partial charge in [-0.15, -0.1) is 0 Å². The average molecular weight is 231 g/mol. The minimum atomic E-state index is -1.16. The second-order valence-corrected chi connectivity index (χ2v) is 3.38. The van der Waals surface area contributed by atoms with Gasteiger partial charge in [0.1, 0.15) is 6.33 Å². The molecule has 0 aliphatic carbocycles. The number of carbonyl (C=O) groups excluding carboxylic acids is 1. The fourth-order valence-corrected chi connectivity index (χ4v) is 1.40. The molecule has 0 unspecified atom stereocenters. The first-order valence-corrected chi connectivity index (χ1v) is 4.75. The van der Waals surface area contributed by atoms with Crippen LogP contribution in [-0.2, 0) is 0 Å². The summed E-state index contributed by atoms with van der Waals surface area (Å²) in [5.74, 6) is -1.52. The van der Waals surface area contributed by atoms with Gasteiger partial charge in [-0.2, -0.15) is 0 Å². The van der Waals surface area contributed by atoms with E-state index < -0.39 is 5.97 Å². The van der Waals surface area contributed by atoms with E-state index in [1.807, 2.05) is 0 Å². The number of rotatable bonds is 2. The molecule has 1 aromatic carbocycles. The Kier molecular flexibility index (Phi) is 2.61. The Bertz CT molecular complexity index is 576.